The van der Waals surface area contributed by atoms with Crippen LogP contribution in [0.3, 0.4) is 0 Å². The van der Waals surface area contributed by atoms with Crippen molar-refractivity contribution < 1.29 is 19.5 Å². The minimum atomic E-state index is -1.12. The SMILES string of the molecule is CCCCC(=O)SCC(=O)N(CC(=O)O)c1c(C)ccc(Cl)c1C. The molecule has 5 nitrogen and oxygen atoms in total. The first-order valence-electron chi connectivity index (χ1n) is 7.71. The Labute approximate surface area is 151 Å². The summed E-state index contributed by atoms with van der Waals surface area (Å²) >= 11 is 7.05. The van der Waals surface area contributed by atoms with E-state index in [9.17, 15) is 14.4 Å². The van der Waals surface area contributed by atoms with E-state index in [4.69, 9.17) is 16.7 Å². The smallest absolute Gasteiger partial charge is 0.323 e. The van der Waals surface area contributed by atoms with Gasteiger partial charge in [0, 0.05) is 11.4 Å². The summed E-state index contributed by atoms with van der Waals surface area (Å²) in [6.07, 6.45) is 2.11. The number of carbonyl (C=O) groups excluding carboxylic acids is 2. The fraction of sp³-hybridized carbons (Fsp3) is 0.471. The zero-order valence-corrected chi connectivity index (χ0v) is 15.7. The van der Waals surface area contributed by atoms with Crippen LogP contribution in [0.2, 0.25) is 5.02 Å². The number of halogens is 1. The number of rotatable bonds is 8. The molecule has 0 atom stereocenters. The molecule has 0 unspecified atom stereocenters. The highest BCUT2D eigenvalue weighted by molar-refractivity contribution is 8.14. The van der Waals surface area contributed by atoms with E-state index < -0.39 is 18.4 Å². The molecule has 0 saturated carbocycles. The summed E-state index contributed by atoms with van der Waals surface area (Å²) in [6.45, 7) is 5.06. The van der Waals surface area contributed by atoms with Gasteiger partial charge in [-0.25, -0.2) is 0 Å². The number of carbonyl (C=O) groups is 3. The quantitative estimate of drug-likeness (QED) is 0.751. The van der Waals surface area contributed by atoms with E-state index >= 15 is 0 Å². The molecule has 1 aromatic rings. The van der Waals surface area contributed by atoms with Crippen LogP contribution < -0.4 is 4.90 Å². The average molecular weight is 372 g/mol. The number of nitrogens with zero attached hydrogens (tertiary/aromatic N) is 1. The Balaban J connectivity index is 2.98. The van der Waals surface area contributed by atoms with Gasteiger partial charge < -0.3 is 5.11 Å². The molecule has 0 aliphatic rings. The van der Waals surface area contributed by atoms with E-state index in [1.807, 2.05) is 6.92 Å². The molecule has 0 aliphatic carbocycles. The summed E-state index contributed by atoms with van der Waals surface area (Å²) in [5.74, 6) is -1.62. The van der Waals surface area contributed by atoms with Gasteiger partial charge in [-0.05, 0) is 37.5 Å². The summed E-state index contributed by atoms with van der Waals surface area (Å²) < 4.78 is 0. The van der Waals surface area contributed by atoms with Crippen LogP contribution >= 0.6 is 23.4 Å². The lowest BCUT2D eigenvalue weighted by molar-refractivity contribution is -0.136. The lowest BCUT2D eigenvalue weighted by atomic mass is 10.1. The molecule has 0 aliphatic heterocycles. The van der Waals surface area contributed by atoms with Crippen LogP contribution in [-0.4, -0.2) is 34.4 Å². The number of amides is 1. The average Bonchev–Trinajstić information content (AvgIpc) is 2.53. The van der Waals surface area contributed by atoms with E-state index in [0.717, 1.165) is 30.2 Å². The van der Waals surface area contributed by atoms with Gasteiger partial charge in [-0.15, -0.1) is 0 Å². The molecule has 0 fully saturated rings. The van der Waals surface area contributed by atoms with Crippen LogP contribution in [0.5, 0.6) is 0 Å². The fourth-order valence-corrected chi connectivity index (χ4v) is 3.15. The normalized spacial score (nSPS) is 10.5. The van der Waals surface area contributed by atoms with Gasteiger partial charge in [-0.3, -0.25) is 19.3 Å². The lowest BCUT2D eigenvalue weighted by Crippen LogP contribution is -2.38. The van der Waals surface area contributed by atoms with Crippen molar-refractivity contribution in [3.8, 4) is 0 Å². The first-order valence-corrected chi connectivity index (χ1v) is 9.07. The van der Waals surface area contributed by atoms with Gasteiger partial charge in [0.05, 0.1) is 11.4 Å². The lowest BCUT2D eigenvalue weighted by Gasteiger charge is -2.25. The molecule has 1 N–H and O–H groups in total. The highest BCUT2D eigenvalue weighted by Gasteiger charge is 2.23. The van der Waals surface area contributed by atoms with Crippen molar-refractivity contribution in [2.24, 2.45) is 0 Å². The maximum absolute atomic E-state index is 12.5. The first-order chi connectivity index (χ1) is 11.3. The molecule has 1 rings (SSSR count). The molecule has 0 aromatic heterocycles. The van der Waals surface area contributed by atoms with Crippen molar-refractivity contribution >= 4 is 46.0 Å². The third-order valence-electron chi connectivity index (χ3n) is 3.52. The summed E-state index contributed by atoms with van der Waals surface area (Å²) in [5, 5.41) is 9.55. The number of carboxylic acids is 1. The predicted octanol–water partition coefficient (Wildman–Crippen LogP) is 3.82. The number of unbranched alkanes of at least 4 members (excludes halogenated alkanes) is 1. The summed E-state index contributed by atoms with van der Waals surface area (Å²) in [6, 6.07) is 3.45. The number of benzene rings is 1. The van der Waals surface area contributed by atoms with Crippen molar-refractivity contribution in [2.75, 3.05) is 17.2 Å². The van der Waals surface area contributed by atoms with Gasteiger partial charge in [0.25, 0.3) is 0 Å². The van der Waals surface area contributed by atoms with E-state index in [0.29, 0.717) is 22.7 Å². The summed E-state index contributed by atoms with van der Waals surface area (Å²) in [4.78, 5) is 36.6. The van der Waals surface area contributed by atoms with Crippen LogP contribution in [0.25, 0.3) is 0 Å². The Kier molecular flexibility index (Phi) is 8.28. The van der Waals surface area contributed by atoms with Gasteiger partial charge in [-0.2, -0.15) is 0 Å². The molecule has 0 saturated heterocycles. The van der Waals surface area contributed by atoms with Crippen LogP contribution in [-0.2, 0) is 14.4 Å². The summed E-state index contributed by atoms with van der Waals surface area (Å²) in [7, 11) is 0. The molecule has 1 amide bonds. The topological polar surface area (TPSA) is 74.7 Å². The third-order valence-corrected chi connectivity index (χ3v) is 4.85. The molecule has 1 aromatic carbocycles. The molecule has 24 heavy (non-hydrogen) atoms. The highest BCUT2D eigenvalue weighted by atomic mass is 35.5. The predicted molar refractivity (Wildman–Crippen MR) is 97.9 cm³/mol. The summed E-state index contributed by atoms with van der Waals surface area (Å²) in [5.41, 5.74) is 1.90. The van der Waals surface area contributed by atoms with Crippen molar-refractivity contribution in [2.45, 2.75) is 40.0 Å². The Morgan fingerprint density at radius 3 is 2.50 bits per heavy atom. The molecule has 0 spiro atoms. The minimum absolute atomic E-state index is 0.0555. The maximum Gasteiger partial charge on any atom is 0.323 e. The second-order valence-electron chi connectivity index (χ2n) is 5.48. The Hall–Kier alpha value is -1.53. The molecule has 7 heteroatoms. The van der Waals surface area contributed by atoms with Crippen LogP contribution in [0.4, 0.5) is 5.69 Å². The van der Waals surface area contributed by atoms with Crippen molar-refractivity contribution in [1.29, 1.82) is 0 Å². The van der Waals surface area contributed by atoms with E-state index in [1.54, 1.807) is 26.0 Å². The van der Waals surface area contributed by atoms with Gasteiger partial charge >= 0.3 is 5.97 Å². The zero-order chi connectivity index (χ0) is 18.3. The monoisotopic (exact) mass is 371 g/mol. The molecule has 0 bridgehead atoms. The number of hydrogen-bond acceptors (Lipinski definition) is 4. The van der Waals surface area contributed by atoms with Crippen molar-refractivity contribution in [3.63, 3.8) is 0 Å². The van der Waals surface area contributed by atoms with Crippen LogP contribution in [0, 0.1) is 13.8 Å². The standard InChI is InChI=1S/C17H22ClNO4S/c1-4-5-6-16(23)24-10-14(20)19(9-15(21)22)17-11(2)7-8-13(18)12(17)3/h7-8H,4-6,9-10H2,1-3H3,(H,21,22). The van der Waals surface area contributed by atoms with Crippen LogP contribution in [0.15, 0.2) is 12.1 Å². The maximum atomic E-state index is 12.5. The Morgan fingerprint density at radius 2 is 1.92 bits per heavy atom. The number of thioether (sulfide) groups is 1. The van der Waals surface area contributed by atoms with Gasteiger partial charge in [0.15, 0.2) is 5.12 Å². The molecule has 0 radical (unpaired) electrons. The first kappa shape index (κ1) is 20.5. The Morgan fingerprint density at radius 1 is 1.25 bits per heavy atom. The molecule has 0 heterocycles. The van der Waals surface area contributed by atoms with E-state index in [1.165, 1.54) is 4.90 Å². The largest absolute Gasteiger partial charge is 0.480 e. The number of aliphatic carboxylic acids is 1. The van der Waals surface area contributed by atoms with E-state index in [2.05, 4.69) is 0 Å². The van der Waals surface area contributed by atoms with Gasteiger partial charge in [0.1, 0.15) is 6.54 Å². The van der Waals surface area contributed by atoms with Crippen LogP contribution in [0.1, 0.15) is 37.3 Å². The number of hydrogen-bond donors (Lipinski definition) is 1. The highest BCUT2D eigenvalue weighted by Crippen LogP contribution is 2.31. The van der Waals surface area contributed by atoms with Crippen molar-refractivity contribution in [3.05, 3.63) is 28.3 Å². The minimum Gasteiger partial charge on any atom is -0.480 e. The van der Waals surface area contributed by atoms with Crippen molar-refractivity contribution in [1.82, 2.24) is 0 Å². The molecule has 132 valence electrons. The molecular formula is C17H22ClNO4S. The molecular weight excluding hydrogens is 350 g/mol. The number of anilines is 1. The number of carboxylic acid groups (broad SMARTS) is 1. The fourth-order valence-electron chi connectivity index (χ4n) is 2.27. The second kappa shape index (κ2) is 9.69. The third kappa shape index (κ3) is 5.83. The van der Waals surface area contributed by atoms with E-state index in [-0.39, 0.29) is 10.9 Å². The second-order valence-corrected chi connectivity index (χ2v) is 6.92. The Bertz CT molecular complexity index is 633. The van der Waals surface area contributed by atoms with Gasteiger partial charge in [-0.1, -0.05) is 42.8 Å². The number of aryl methyl sites for hydroxylation is 1. The zero-order valence-electron chi connectivity index (χ0n) is 14.1. The van der Waals surface area contributed by atoms with Gasteiger partial charge in [0.2, 0.25) is 5.91 Å².